The molecular weight excluding hydrogens is 202 g/mol. The summed E-state index contributed by atoms with van der Waals surface area (Å²) in [4.78, 5) is 11.1. The van der Waals surface area contributed by atoms with Crippen molar-refractivity contribution in [1.29, 1.82) is 0 Å². The van der Waals surface area contributed by atoms with Gasteiger partial charge < -0.3 is 25.1 Å². The van der Waals surface area contributed by atoms with E-state index in [0.717, 1.165) is 0 Å². The molecule has 0 spiro atoms. The van der Waals surface area contributed by atoms with Gasteiger partial charge in [0.2, 0.25) is 0 Å². The lowest BCUT2D eigenvalue weighted by Crippen LogP contribution is -2.33. The largest absolute Gasteiger partial charge is 0.462 e. The van der Waals surface area contributed by atoms with Crippen LogP contribution < -0.4 is 5.73 Å². The monoisotopic (exact) mass is 221 g/mol. The minimum Gasteiger partial charge on any atom is -0.462 e. The van der Waals surface area contributed by atoms with Crippen LogP contribution in [0.15, 0.2) is 0 Å². The molecule has 15 heavy (non-hydrogen) atoms. The minimum atomic E-state index is -0.756. The number of aliphatic hydroxyl groups excluding tert-OH is 1. The van der Waals surface area contributed by atoms with Gasteiger partial charge in [-0.3, -0.25) is 4.79 Å². The third-order valence-corrected chi connectivity index (χ3v) is 1.65. The molecule has 0 radical (unpaired) electrons. The van der Waals surface area contributed by atoms with Gasteiger partial charge in [0.25, 0.3) is 0 Å². The molecule has 0 aromatic carbocycles. The van der Waals surface area contributed by atoms with Crippen LogP contribution in [0.25, 0.3) is 0 Å². The first-order valence-electron chi connectivity index (χ1n) is 4.82. The molecule has 6 nitrogen and oxygen atoms in total. The second kappa shape index (κ2) is 9.85. The van der Waals surface area contributed by atoms with Crippen LogP contribution in [0.5, 0.6) is 0 Å². The molecular formula is C9H19NO5. The van der Waals surface area contributed by atoms with Gasteiger partial charge in [-0.25, -0.2) is 0 Å². The average Bonchev–Trinajstić information content (AvgIpc) is 2.23. The molecule has 6 heteroatoms. The topological polar surface area (TPSA) is 91.0 Å². The summed E-state index contributed by atoms with van der Waals surface area (Å²) in [5.74, 6) is -0.514. The van der Waals surface area contributed by atoms with Gasteiger partial charge in [0.1, 0.15) is 12.6 Å². The van der Waals surface area contributed by atoms with Gasteiger partial charge in [0, 0.05) is 13.7 Å². The van der Waals surface area contributed by atoms with E-state index >= 15 is 0 Å². The van der Waals surface area contributed by atoms with Crippen molar-refractivity contribution < 1.29 is 24.1 Å². The van der Waals surface area contributed by atoms with E-state index in [1.165, 1.54) is 0 Å². The summed E-state index contributed by atoms with van der Waals surface area (Å²) in [5.41, 5.74) is 5.39. The Morgan fingerprint density at radius 1 is 1.33 bits per heavy atom. The van der Waals surface area contributed by atoms with Gasteiger partial charge in [-0.1, -0.05) is 0 Å². The zero-order valence-corrected chi connectivity index (χ0v) is 8.98. The highest BCUT2D eigenvalue weighted by atomic mass is 16.6. The predicted octanol–water partition coefficient (Wildman–Crippen LogP) is -1.10. The third kappa shape index (κ3) is 8.31. The van der Waals surface area contributed by atoms with Crippen molar-refractivity contribution in [2.45, 2.75) is 12.5 Å². The highest BCUT2D eigenvalue weighted by Gasteiger charge is 2.13. The Balaban J connectivity index is 3.30. The minimum absolute atomic E-state index is 0.124. The summed E-state index contributed by atoms with van der Waals surface area (Å²) >= 11 is 0. The number of esters is 1. The van der Waals surface area contributed by atoms with E-state index in [1.807, 2.05) is 0 Å². The smallest absolute Gasteiger partial charge is 0.323 e. The Kier molecular flexibility index (Phi) is 9.40. The van der Waals surface area contributed by atoms with E-state index in [-0.39, 0.29) is 19.6 Å². The first-order chi connectivity index (χ1) is 7.22. The van der Waals surface area contributed by atoms with Crippen LogP contribution in [0.4, 0.5) is 0 Å². The number of methoxy groups -OCH3 is 1. The van der Waals surface area contributed by atoms with Gasteiger partial charge in [0.15, 0.2) is 0 Å². The Labute approximate surface area is 89.3 Å². The number of ether oxygens (including phenoxy) is 3. The van der Waals surface area contributed by atoms with Gasteiger partial charge in [-0.2, -0.15) is 0 Å². The molecule has 0 amide bonds. The molecule has 3 N–H and O–H groups in total. The van der Waals surface area contributed by atoms with Crippen LogP contribution in [0.2, 0.25) is 0 Å². The van der Waals surface area contributed by atoms with Gasteiger partial charge in [0.05, 0.1) is 19.8 Å². The second-order valence-electron chi connectivity index (χ2n) is 2.89. The van der Waals surface area contributed by atoms with E-state index in [9.17, 15) is 4.79 Å². The molecule has 0 aromatic heterocycles. The number of rotatable bonds is 9. The van der Waals surface area contributed by atoms with Crippen LogP contribution in [-0.2, 0) is 19.0 Å². The molecule has 0 aliphatic heterocycles. The number of hydrogen-bond acceptors (Lipinski definition) is 6. The lowest BCUT2D eigenvalue weighted by Gasteiger charge is -2.10. The number of hydrogen-bond donors (Lipinski definition) is 2. The van der Waals surface area contributed by atoms with Crippen LogP contribution in [0, 0.1) is 0 Å². The summed E-state index contributed by atoms with van der Waals surface area (Å²) in [6, 6.07) is -0.756. The standard InChI is InChI=1S/C9H19NO5/c1-13-4-5-14-6-7-15-9(12)8(10)2-3-11/h8,11H,2-7,10H2,1H3. The predicted molar refractivity (Wildman–Crippen MR) is 53.3 cm³/mol. The van der Waals surface area contributed by atoms with E-state index in [1.54, 1.807) is 7.11 Å². The van der Waals surface area contributed by atoms with Crippen LogP contribution in [0.3, 0.4) is 0 Å². The van der Waals surface area contributed by atoms with Crippen LogP contribution >= 0.6 is 0 Å². The first kappa shape index (κ1) is 14.3. The van der Waals surface area contributed by atoms with E-state index in [0.29, 0.717) is 19.8 Å². The summed E-state index contributed by atoms with van der Waals surface area (Å²) in [7, 11) is 1.58. The number of carbonyl (C=O) groups is 1. The maximum Gasteiger partial charge on any atom is 0.323 e. The summed E-state index contributed by atoms with van der Waals surface area (Å²) in [6.45, 7) is 1.35. The molecule has 0 aliphatic carbocycles. The van der Waals surface area contributed by atoms with Crippen molar-refractivity contribution in [2.24, 2.45) is 5.73 Å². The lowest BCUT2D eigenvalue weighted by molar-refractivity contribution is -0.147. The molecule has 0 bridgehead atoms. The Morgan fingerprint density at radius 3 is 2.60 bits per heavy atom. The van der Waals surface area contributed by atoms with Crippen LogP contribution in [0.1, 0.15) is 6.42 Å². The molecule has 0 aromatic rings. The zero-order valence-electron chi connectivity index (χ0n) is 8.98. The molecule has 0 fully saturated rings. The van der Waals surface area contributed by atoms with Gasteiger partial charge >= 0.3 is 5.97 Å². The molecule has 0 saturated carbocycles. The molecule has 90 valence electrons. The highest BCUT2D eigenvalue weighted by Crippen LogP contribution is 1.91. The molecule has 1 unspecified atom stereocenters. The van der Waals surface area contributed by atoms with Crippen molar-refractivity contribution in [1.82, 2.24) is 0 Å². The molecule has 1 atom stereocenters. The molecule has 0 heterocycles. The molecule has 0 saturated heterocycles. The van der Waals surface area contributed by atoms with E-state index in [4.69, 9.17) is 25.1 Å². The summed E-state index contributed by atoms with van der Waals surface area (Å²) in [6.07, 6.45) is 0.212. The normalized spacial score (nSPS) is 12.5. The first-order valence-corrected chi connectivity index (χ1v) is 4.82. The molecule has 0 aliphatic rings. The second-order valence-corrected chi connectivity index (χ2v) is 2.89. The maximum atomic E-state index is 11.1. The Hall–Kier alpha value is -0.690. The quantitative estimate of drug-likeness (QED) is 0.379. The number of carbonyl (C=O) groups excluding carboxylic acids is 1. The molecule has 0 rings (SSSR count). The zero-order chi connectivity index (χ0) is 11.5. The summed E-state index contributed by atoms with van der Waals surface area (Å²) in [5, 5.41) is 8.53. The van der Waals surface area contributed by atoms with Crippen molar-refractivity contribution in [3.8, 4) is 0 Å². The van der Waals surface area contributed by atoms with Crippen molar-refractivity contribution in [3.05, 3.63) is 0 Å². The SMILES string of the molecule is COCCOCCOC(=O)C(N)CCO. The van der Waals surface area contributed by atoms with Crippen molar-refractivity contribution in [3.63, 3.8) is 0 Å². The van der Waals surface area contributed by atoms with Gasteiger partial charge in [-0.15, -0.1) is 0 Å². The average molecular weight is 221 g/mol. The number of nitrogens with two attached hydrogens (primary N) is 1. The van der Waals surface area contributed by atoms with Crippen LogP contribution in [-0.4, -0.2) is 57.3 Å². The fourth-order valence-corrected chi connectivity index (χ4v) is 0.809. The Bertz CT molecular complexity index is 165. The maximum absolute atomic E-state index is 11.1. The van der Waals surface area contributed by atoms with Crippen molar-refractivity contribution >= 4 is 5.97 Å². The third-order valence-electron chi connectivity index (χ3n) is 1.65. The van der Waals surface area contributed by atoms with Gasteiger partial charge in [-0.05, 0) is 6.42 Å². The lowest BCUT2D eigenvalue weighted by atomic mass is 10.2. The fraction of sp³-hybridized carbons (Fsp3) is 0.889. The number of aliphatic hydroxyl groups is 1. The van der Waals surface area contributed by atoms with E-state index in [2.05, 4.69) is 0 Å². The van der Waals surface area contributed by atoms with E-state index < -0.39 is 12.0 Å². The highest BCUT2D eigenvalue weighted by molar-refractivity contribution is 5.75. The Morgan fingerprint density at radius 2 is 2.00 bits per heavy atom. The fourth-order valence-electron chi connectivity index (χ4n) is 0.809. The summed E-state index contributed by atoms with van der Waals surface area (Å²) < 4.78 is 14.6. The van der Waals surface area contributed by atoms with Crippen molar-refractivity contribution in [2.75, 3.05) is 40.1 Å².